The topological polar surface area (TPSA) is 88.3 Å². The number of esters is 1. The number of aromatic nitrogens is 1. The van der Waals surface area contributed by atoms with E-state index >= 15 is 0 Å². The summed E-state index contributed by atoms with van der Waals surface area (Å²) < 4.78 is 4.93. The van der Waals surface area contributed by atoms with Gasteiger partial charge in [0.05, 0.1) is 18.1 Å². The molecule has 29 heavy (non-hydrogen) atoms. The van der Waals surface area contributed by atoms with E-state index in [1.807, 2.05) is 36.4 Å². The first kappa shape index (κ1) is 18.4. The van der Waals surface area contributed by atoms with Gasteiger partial charge in [-0.05, 0) is 57.6 Å². The van der Waals surface area contributed by atoms with Crippen LogP contribution in [0.15, 0.2) is 65.6 Å². The van der Waals surface area contributed by atoms with Crippen LogP contribution in [0.1, 0.15) is 17.3 Å². The highest BCUT2D eigenvalue weighted by Crippen LogP contribution is 2.32. The lowest BCUT2D eigenvalue weighted by molar-refractivity contribution is -0.114. The normalized spacial score (nSPS) is 10.8. The summed E-state index contributed by atoms with van der Waals surface area (Å²) in [5.41, 5.74) is 2.59. The average molecular weight is 386 g/mol. The first-order chi connectivity index (χ1) is 14.0. The number of amides is 1. The highest BCUT2D eigenvalue weighted by molar-refractivity contribution is 6.16. The minimum Gasteiger partial charge on any atom is -0.465 e. The second-order valence-electron chi connectivity index (χ2n) is 6.71. The molecule has 0 radical (unpaired) electrons. The number of pyridine rings is 1. The van der Waals surface area contributed by atoms with Gasteiger partial charge >= 0.3 is 5.97 Å². The van der Waals surface area contributed by atoms with Crippen molar-refractivity contribution in [2.45, 2.75) is 6.92 Å². The summed E-state index contributed by atoms with van der Waals surface area (Å²) in [6.45, 7) is 1.45. The van der Waals surface area contributed by atoms with Crippen molar-refractivity contribution in [3.05, 3.63) is 76.7 Å². The Labute approximate surface area is 166 Å². The Morgan fingerprint density at radius 1 is 0.966 bits per heavy atom. The molecule has 0 fully saturated rings. The van der Waals surface area contributed by atoms with Crippen LogP contribution in [0.4, 0.5) is 5.69 Å². The van der Waals surface area contributed by atoms with Crippen molar-refractivity contribution in [1.29, 1.82) is 0 Å². The smallest absolute Gasteiger partial charge is 0.338 e. The number of ether oxygens (including phenoxy) is 1. The molecule has 0 aliphatic carbocycles. The Morgan fingerprint density at radius 3 is 2.52 bits per heavy atom. The first-order valence-corrected chi connectivity index (χ1v) is 9.02. The molecule has 0 saturated heterocycles. The van der Waals surface area contributed by atoms with Gasteiger partial charge < -0.3 is 15.0 Å². The van der Waals surface area contributed by atoms with Gasteiger partial charge in [-0.1, -0.05) is 24.3 Å². The minimum absolute atomic E-state index is 0.152. The lowest BCUT2D eigenvalue weighted by Gasteiger charge is -2.11. The fourth-order valence-corrected chi connectivity index (χ4v) is 3.55. The highest BCUT2D eigenvalue weighted by Gasteiger charge is 2.16. The Morgan fingerprint density at radius 2 is 1.76 bits per heavy atom. The second-order valence-corrected chi connectivity index (χ2v) is 6.71. The van der Waals surface area contributed by atoms with Gasteiger partial charge in [-0.25, -0.2) is 4.79 Å². The zero-order valence-corrected chi connectivity index (χ0v) is 15.9. The van der Waals surface area contributed by atoms with Gasteiger partial charge in [-0.15, -0.1) is 0 Å². The minimum atomic E-state index is -0.461. The predicted octanol–water partition coefficient (Wildman–Crippen LogP) is 4.09. The number of nitrogens with one attached hydrogen (secondary N) is 2. The molecule has 0 bridgehead atoms. The van der Waals surface area contributed by atoms with Gasteiger partial charge in [0.1, 0.15) is 0 Å². The number of aromatic amines is 1. The van der Waals surface area contributed by atoms with E-state index in [0.29, 0.717) is 32.8 Å². The number of H-pyrrole nitrogens is 1. The second kappa shape index (κ2) is 7.24. The average Bonchev–Trinajstić information content (AvgIpc) is 2.72. The van der Waals surface area contributed by atoms with Gasteiger partial charge in [0.15, 0.2) is 0 Å². The summed E-state index contributed by atoms with van der Waals surface area (Å²) >= 11 is 0. The number of anilines is 1. The van der Waals surface area contributed by atoms with Crippen LogP contribution in [0.2, 0.25) is 0 Å². The third kappa shape index (κ3) is 3.36. The van der Waals surface area contributed by atoms with Crippen molar-refractivity contribution >= 4 is 39.1 Å². The van der Waals surface area contributed by atoms with Crippen LogP contribution in [0.3, 0.4) is 0 Å². The van der Waals surface area contributed by atoms with Crippen LogP contribution in [-0.2, 0) is 9.53 Å². The summed E-state index contributed by atoms with van der Waals surface area (Å²) in [5.74, 6) is -0.613. The van der Waals surface area contributed by atoms with Crippen molar-refractivity contribution < 1.29 is 14.3 Å². The zero-order chi connectivity index (χ0) is 20.5. The van der Waals surface area contributed by atoms with E-state index in [0.717, 1.165) is 11.1 Å². The fraction of sp³-hybridized carbons (Fsp3) is 0.0870. The Kier molecular flexibility index (Phi) is 4.60. The number of rotatable bonds is 3. The first-order valence-electron chi connectivity index (χ1n) is 9.02. The molecule has 1 aromatic heterocycles. The third-order valence-electron chi connectivity index (χ3n) is 4.79. The molecule has 1 heterocycles. The van der Waals surface area contributed by atoms with Crippen molar-refractivity contribution in [2.75, 3.05) is 12.4 Å². The lowest BCUT2D eigenvalue weighted by Crippen LogP contribution is -2.08. The molecule has 2 N–H and O–H groups in total. The van der Waals surface area contributed by atoms with Crippen LogP contribution < -0.4 is 10.9 Å². The molecule has 0 saturated carbocycles. The highest BCUT2D eigenvalue weighted by atomic mass is 16.5. The quantitative estimate of drug-likeness (QED) is 0.410. The molecule has 6 nitrogen and oxygen atoms in total. The SMILES string of the molecule is COC(=O)c1cc2cc[nH]c(=O)c2c2cc(-c3cccc(NC(C)=O)c3)ccc12. The molecular weight excluding hydrogens is 368 g/mol. The summed E-state index contributed by atoms with van der Waals surface area (Å²) in [6.07, 6.45) is 1.55. The van der Waals surface area contributed by atoms with E-state index < -0.39 is 5.97 Å². The number of carbonyl (C=O) groups is 2. The molecule has 1 amide bonds. The van der Waals surface area contributed by atoms with Gasteiger partial charge in [0.2, 0.25) is 5.91 Å². The zero-order valence-electron chi connectivity index (χ0n) is 15.9. The lowest BCUT2D eigenvalue weighted by atomic mass is 9.94. The van der Waals surface area contributed by atoms with Crippen molar-refractivity contribution in [1.82, 2.24) is 4.98 Å². The third-order valence-corrected chi connectivity index (χ3v) is 4.79. The predicted molar refractivity (Wildman–Crippen MR) is 113 cm³/mol. The van der Waals surface area contributed by atoms with Crippen LogP contribution >= 0.6 is 0 Å². The maximum Gasteiger partial charge on any atom is 0.338 e. The van der Waals surface area contributed by atoms with Gasteiger partial charge in [0, 0.05) is 18.8 Å². The number of methoxy groups -OCH3 is 1. The summed E-state index contributed by atoms with van der Waals surface area (Å²) in [6, 6.07) is 16.4. The number of hydrogen-bond acceptors (Lipinski definition) is 4. The number of benzene rings is 3. The molecule has 0 aliphatic heterocycles. The molecule has 144 valence electrons. The number of fused-ring (bicyclic) bond motifs is 3. The Hall–Kier alpha value is -3.93. The van der Waals surface area contributed by atoms with Crippen molar-refractivity contribution in [3.63, 3.8) is 0 Å². The molecule has 3 aromatic carbocycles. The molecule has 0 atom stereocenters. The largest absolute Gasteiger partial charge is 0.465 e. The van der Waals surface area contributed by atoms with Crippen molar-refractivity contribution in [2.24, 2.45) is 0 Å². The molecule has 0 spiro atoms. The van der Waals surface area contributed by atoms with Crippen molar-refractivity contribution in [3.8, 4) is 11.1 Å². The summed E-state index contributed by atoms with van der Waals surface area (Å²) in [7, 11) is 1.33. The van der Waals surface area contributed by atoms with E-state index in [9.17, 15) is 14.4 Å². The number of carbonyl (C=O) groups excluding carboxylic acids is 2. The van der Waals surface area contributed by atoms with Gasteiger partial charge in [-0.3, -0.25) is 9.59 Å². The maximum atomic E-state index is 12.5. The monoisotopic (exact) mass is 386 g/mol. The van der Waals surface area contributed by atoms with Crippen LogP contribution in [0, 0.1) is 0 Å². The summed E-state index contributed by atoms with van der Waals surface area (Å²) in [4.78, 5) is 38.9. The maximum absolute atomic E-state index is 12.5. The fourth-order valence-electron chi connectivity index (χ4n) is 3.55. The molecule has 4 rings (SSSR count). The van der Waals surface area contributed by atoms with Gasteiger partial charge in [0.25, 0.3) is 5.56 Å². The molecule has 0 unspecified atom stereocenters. The van der Waals surface area contributed by atoms with E-state index in [-0.39, 0.29) is 11.5 Å². The van der Waals surface area contributed by atoms with Gasteiger partial charge in [-0.2, -0.15) is 0 Å². The molecule has 6 heteroatoms. The molecular formula is C23H18N2O4. The summed E-state index contributed by atoms with van der Waals surface area (Å²) in [5, 5.41) is 5.24. The standard InChI is InChI=1S/C23H18N2O4/c1-13(26)25-17-5-3-4-14(10-17)15-6-7-18-19(11-15)21-16(8-9-24-22(21)27)12-20(18)23(28)29-2/h3-12H,1-2H3,(H,24,27)(H,25,26). The molecule has 4 aromatic rings. The van der Waals surface area contributed by atoms with E-state index in [2.05, 4.69) is 10.3 Å². The Balaban J connectivity index is 2.00. The number of hydrogen-bond donors (Lipinski definition) is 2. The van der Waals surface area contributed by atoms with Crippen LogP contribution in [0.25, 0.3) is 32.7 Å². The Bertz CT molecular complexity index is 1340. The van der Waals surface area contributed by atoms with Crippen LogP contribution in [0.5, 0.6) is 0 Å². The van der Waals surface area contributed by atoms with Crippen LogP contribution in [-0.4, -0.2) is 24.0 Å². The van der Waals surface area contributed by atoms with E-state index in [1.165, 1.54) is 14.0 Å². The molecule has 0 aliphatic rings. The van der Waals surface area contributed by atoms with E-state index in [1.54, 1.807) is 24.4 Å². The van der Waals surface area contributed by atoms with E-state index in [4.69, 9.17) is 4.74 Å².